The predicted octanol–water partition coefficient (Wildman–Crippen LogP) is 6.43. The molecule has 0 fully saturated rings. The highest BCUT2D eigenvalue weighted by molar-refractivity contribution is 7.20. The molecule has 3 rings (SSSR count). The lowest BCUT2D eigenvalue weighted by Gasteiger charge is -2.12. The Morgan fingerprint density at radius 3 is 2.40 bits per heavy atom. The van der Waals surface area contributed by atoms with E-state index in [0.29, 0.717) is 6.08 Å². The van der Waals surface area contributed by atoms with Gasteiger partial charge in [-0.25, -0.2) is 0 Å². The van der Waals surface area contributed by atoms with Crippen molar-refractivity contribution in [3.05, 3.63) is 69.3 Å². The van der Waals surface area contributed by atoms with Crippen molar-refractivity contribution in [3.63, 3.8) is 0 Å². The zero-order valence-electron chi connectivity index (χ0n) is 12.3. The first-order chi connectivity index (χ1) is 11.7. The molecule has 0 atom stereocenters. The summed E-state index contributed by atoms with van der Waals surface area (Å²) in [5.41, 5.74) is -1.36. The first-order valence-corrected chi connectivity index (χ1v) is 8.44. The second-order valence-corrected chi connectivity index (χ2v) is 7.06. The zero-order chi connectivity index (χ0) is 18.2. The average Bonchev–Trinajstić information content (AvgIpc) is 2.94. The van der Waals surface area contributed by atoms with Crippen molar-refractivity contribution >= 4 is 56.0 Å². The summed E-state index contributed by atoms with van der Waals surface area (Å²) in [6, 6.07) is 6.79. The number of thiophene rings is 1. The van der Waals surface area contributed by atoms with E-state index in [-0.39, 0.29) is 20.5 Å². The van der Waals surface area contributed by atoms with Gasteiger partial charge in [0.15, 0.2) is 5.78 Å². The summed E-state index contributed by atoms with van der Waals surface area (Å²) >= 11 is 12.6. The van der Waals surface area contributed by atoms with Crippen LogP contribution < -0.4 is 0 Å². The van der Waals surface area contributed by atoms with Gasteiger partial charge in [0.25, 0.3) is 0 Å². The molecule has 2 nitrogen and oxygen atoms in total. The van der Waals surface area contributed by atoms with Crippen molar-refractivity contribution < 1.29 is 18.0 Å². The van der Waals surface area contributed by atoms with Gasteiger partial charge in [-0.2, -0.15) is 13.2 Å². The summed E-state index contributed by atoms with van der Waals surface area (Å²) in [6.07, 6.45) is -1.06. The topological polar surface area (TPSA) is 30.0 Å². The summed E-state index contributed by atoms with van der Waals surface area (Å²) in [5, 5.41) is 0.854. The van der Waals surface area contributed by atoms with Gasteiger partial charge in [-0.05, 0) is 47.4 Å². The predicted molar refractivity (Wildman–Crippen MR) is 94.4 cm³/mol. The summed E-state index contributed by atoms with van der Waals surface area (Å²) in [5.74, 6) is -0.746. The molecule has 0 saturated carbocycles. The fourth-order valence-corrected chi connectivity index (χ4v) is 3.71. The maximum Gasteiger partial charge on any atom is 0.417 e. The molecule has 0 unspecified atom stereocenters. The fourth-order valence-electron chi connectivity index (χ4n) is 2.25. The largest absolute Gasteiger partial charge is 0.417 e. The highest BCUT2D eigenvalue weighted by Gasteiger charge is 2.35. The molecule has 0 bridgehead atoms. The van der Waals surface area contributed by atoms with Crippen LogP contribution in [0.5, 0.6) is 0 Å². The maximum atomic E-state index is 13.4. The molecule has 8 heteroatoms. The standard InChI is InChI=1S/C17H8Cl2F3NOS/c18-11-3-10(4-12(19)6-11)13(17(20,21)22)7-14(24)15-5-9-1-2-23-8-16(9)25-15/h1-8H/b13-7-. The number of carbonyl (C=O) groups excluding carboxylic acids is 1. The average molecular weight is 402 g/mol. The third-order valence-electron chi connectivity index (χ3n) is 3.32. The maximum absolute atomic E-state index is 13.4. The molecular formula is C17H8Cl2F3NOS. The van der Waals surface area contributed by atoms with Crippen molar-refractivity contribution in [2.24, 2.45) is 0 Å². The Morgan fingerprint density at radius 2 is 1.80 bits per heavy atom. The number of fused-ring (bicyclic) bond motifs is 1. The molecule has 3 aromatic rings. The second-order valence-electron chi connectivity index (χ2n) is 5.10. The number of ketones is 1. The van der Waals surface area contributed by atoms with Gasteiger partial charge in [0.2, 0.25) is 0 Å². The Bertz CT molecular complexity index is 942. The molecule has 0 saturated heterocycles. The van der Waals surface area contributed by atoms with Crippen LogP contribution in [0.15, 0.2) is 48.8 Å². The van der Waals surface area contributed by atoms with Gasteiger partial charge in [0.05, 0.1) is 15.2 Å². The minimum Gasteiger partial charge on any atom is -0.288 e. The van der Waals surface area contributed by atoms with Gasteiger partial charge in [-0.1, -0.05) is 23.2 Å². The highest BCUT2D eigenvalue weighted by atomic mass is 35.5. The first kappa shape index (κ1) is 17.9. The number of halogens is 5. The normalized spacial score (nSPS) is 12.6. The molecule has 1 aromatic carbocycles. The Hall–Kier alpha value is -1.89. The number of allylic oxidation sites excluding steroid dienone is 2. The number of hydrogen-bond donors (Lipinski definition) is 0. The lowest BCUT2D eigenvalue weighted by Crippen LogP contribution is -2.12. The number of pyridine rings is 1. The van der Waals surface area contributed by atoms with E-state index in [2.05, 4.69) is 4.98 Å². The van der Waals surface area contributed by atoms with Gasteiger partial charge >= 0.3 is 6.18 Å². The number of alkyl halides is 3. The van der Waals surface area contributed by atoms with Crippen LogP contribution in [0, 0.1) is 0 Å². The van der Waals surface area contributed by atoms with Gasteiger partial charge < -0.3 is 0 Å². The third-order valence-corrected chi connectivity index (χ3v) is 4.86. The number of rotatable bonds is 3. The van der Waals surface area contributed by atoms with E-state index in [1.165, 1.54) is 6.07 Å². The van der Waals surface area contributed by atoms with Crippen LogP contribution in [0.1, 0.15) is 15.2 Å². The van der Waals surface area contributed by atoms with Crippen LogP contribution in [-0.4, -0.2) is 16.9 Å². The van der Waals surface area contributed by atoms with Crippen molar-refractivity contribution in [2.75, 3.05) is 0 Å². The van der Waals surface area contributed by atoms with Crippen LogP contribution in [0.4, 0.5) is 13.2 Å². The Kier molecular flexibility index (Phi) is 4.86. The van der Waals surface area contributed by atoms with Crippen molar-refractivity contribution in [1.82, 2.24) is 4.98 Å². The molecule has 2 heterocycles. The Balaban J connectivity index is 2.07. The zero-order valence-corrected chi connectivity index (χ0v) is 14.6. The van der Waals surface area contributed by atoms with E-state index in [9.17, 15) is 18.0 Å². The molecule has 0 amide bonds. The van der Waals surface area contributed by atoms with Gasteiger partial charge in [0.1, 0.15) is 0 Å². The fraction of sp³-hybridized carbons (Fsp3) is 0.0588. The van der Waals surface area contributed by atoms with E-state index >= 15 is 0 Å². The van der Waals surface area contributed by atoms with Crippen molar-refractivity contribution in [1.29, 1.82) is 0 Å². The summed E-state index contributed by atoms with van der Waals surface area (Å²) in [4.78, 5) is 16.5. The van der Waals surface area contributed by atoms with E-state index < -0.39 is 17.5 Å². The lowest BCUT2D eigenvalue weighted by molar-refractivity contribution is -0.0689. The second kappa shape index (κ2) is 6.78. The first-order valence-electron chi connectivity index (χ1n) is 6.87. The van der Waals surface area contributed by atoms with Crippen LogP contribution in [0.25, 0.3) is 15.7 Å². The van der Waals surface area contributed by atoms with Crippen LogP contribution in [-0.2, 0) is 0 Å². The van der Waals surface area contributed by atoms with E-state index in [1.807, 2.05) is 0 Å². The quantitative estimate of drug-likeness (QED) is 0.373. The monoisotopic (exact) mass is 401 g/mol. The molecule has 0 aliphatic carbocycles. The minimum absolute atomic E-state index is 0.0537. The molecule has 0 N–H and O–H groups in total. The van der Waals surface area contributed by atoms with Crippen LogP contribution in [0.2, 0.25) is 10.0 Å². The summed E-state index contributed by atoms with van der Waals surface area (Å²) in [6.45, 7) is 0. The molecule has 0 aliphatic heterocycles. The van der Waals surface area contributed by atoms with Crippen LogP contribution >= 0.6 is 34.5 Å². The SMILES string of the molecule is O=C(/C=C(/c1cc(Cl)cc(Cl)c1)C(F)(F)F)c1cc2ccncc2s1. The Labute approximate surface area is 154 Å². The van der Waals surface area contributed by atoms with Gasteiger partial charge in [-0.15, -0.1) is 11.3 Å². The molecule has 2 aromatic heterocycles. The lowest BCUT2D eigenvalue weighted by atomic mass is 10.0. The molecule has 0 spiro atoms. The van der Waals surface area contributed by atoms with E-state index in [0.717, 1.165) is 33.6 Å². The number of aromatic nitrogens is 1. The molecular weight excluding hydrogens is 394 g/mol. The number of benzene rings is 1. The van der Waals surface area contributed by atoms with E-state index in [1.54, 1.807) is 24.5 Å². The minimum atomic E-state index is -4.73. The number of hydrogen-bond acceptors (Lipinski definition) is 3. The summed E-state index contributed by atoms with van der Waals surface area (Å²) < 4.78 is 41.0. The molecule has 25 heavy (non-hydrogen) atoms. The molecule has 0 radical (unpaired) electrons. The number of nitrogens with zero attached hydrogens (tertiary/aromatic N) is 1. The Morgan fingerprint density at radius 1 is 1.12 bits per heavy atom. The molecule has 128 valence electrons. The van der Waals surface area contributed by atoms with E-state index in [4.69, 9.17) is 23.2 Å². The number of carbonyl (C=O) groups is 1. The molecule has 0 aliphatic rings. The van der Waals surface area contributed by atoms with Crippen molar-refractivity contribution in [2.45, 2.75) is 6.18 Å². The smallest absolute Gasteiger partial charge is 0.288 e. The van der Waals surface area contributed by atoms with Gasteiger partial charge in [0, 0.05) is 22.4 Å². The third kappa shape index (κ3) is 4.03. The van der Waals surface area contributed by atoms with Gasteiger partial charge in [-0.3, -0.25) is 9.78 Å². The van der Waals surface area contributed by atoms with Crippen LogP contribution in [0.3, 0.4) is 0 Å². The van der Waals surface area contributed by atoms with Crippen molar-refractivity contribution in [3.8, 4) is 0 Å². The summed E-state index contributed by atoms with van der Waals surface area (Å²) in [7, 11) is 0. The highest BCUT2D eigenvalue weighted by Crippen LogP contribution is 2.37.